The van der Waals surface area contributed by atoms with Crippen LogP contribution in [0.5, 0.6) is 11.5 Å². The third-order valence-electron chi connectivity index (χ3n) is 6.15. The maximum Gasteiger partial charge on any atom is 0.346 e. The molecule has 1 fully saturated rings. The van der Waals surface area contributed by atoms with Crippen LogP contribution < -0.4 is 9.47 Å². The predicted octanol–water partition coefficient (Wildman–Crippen LogP) is 6.57. The van der Waals surface area contributed by atoms with Crippen molar-refractivity contribution in [3.8, 4) is 22.6 Å². The van der Waals surface area contributed by atoms with Gasteiger partial charge in [0.2, 0.25) is 0 Å². The van der Waals surface area contributed by atoms with Crippen LogP contribution in [0.1, 0.15) is 47.5 Å². The normalized spacial score (nSPS) is 17.6. The van der Waals surface area contributed by atoms with E-state index in [1.54, 1.807) is 6.07 Å². The van der Waals surface area contributed by atoms with E-state index in [1.807, 2.05) is 0 Å². The van der Waals surface area contributed by atoms with Gasteiger partial charge in [0.25, 0.3) is 0 Å². The van der Waals surface area contributed by atoms with Gasteiger partial charge in [-0.15, -0.1) is 0 Å². The lowest BCUT2D eigenvalue weighted by Crippen LogP contribution is -2.18. The van der Waals surface area contributed by atoms with Crippen LogP contribution in [-0.2, 0) is 0 Å². The Bertz CT molecular complexity index is 1220. The van der Waals surface area contributed by atoms with Crippen LogP contribution in [0.4, 0.5) is 13.2 Å². The van der Waals surface area contributed by atoms with Gasteiger partial charge in [-0.05, 0) is 67.0 Å². The van der Waals surface area contributed by atoms with E-state index in [4.69, 9.17) is 9.47 Å². The molecule has 3 aromatic rings. The molecule has 1 saturated carbocycles. The van der Waals surface area contributed by atoms with E-state index in [0.717, 1.165) is 6.07 Å². The number of carbonyl (C=O) groups excluding carboxylic acids is 1. The van der Waals surface area contributed by atoms with E-state index in [2.05, 4.69) is 6.58 Å². The Labute approximate surface area is 201 Å². The first-order chi connectivity index (χ1) is 16.9. The molecular weight excluding hydrogens is 457 g/mol. The molecular formula is C28H25F3O4. The monoisotopic (exact) mass is 482 g/mol. The van der Waals surface area contributed by atoms with Crippen LogP contribution in [0, 0.1) is 17.5 Å². The number of benzene rings is 3. The maximum absolute atomic E-state index is 14.9. The summed E-state index contributed by atoms with van der Waals surface area (Å²) in [6.45, 7) is 3.71. The third kappa shape index (κ3) is 5.57. The Morgan fingerprint density at radius 2 is 1.63 bits per heavy atom. The van der Waals surface area contributed by atoms with Crippen molar-refractivity contribution in [2.24, 2.45) is 0 Å². The number of ether oxygens (including phenoxy) is 2. The minimum Gasteiger partial charge on any atom is -0.489 e. The molecule has 0 unspecified atom stereocenters. The van der Waals surface area contributed by atoms with E-state index in [1.165, 1.54) is 48.5 Å². The van der Waals surface area contributed by atoms with Crippen molar-refractivity contribution in [3.05, 3.63) is 95.8 Å². The SMILES string of the molecule is C=CCOc1ccc(C(=O)Oc2ccc(-c3ccc(C4CCC(O)CC4)c(F)c3F)cc2)c(F)c1. The van der Waals surface area contributed by atoms with Crippen LogP contribution in [-0.4, -0.2) is 23.8 Å². The molecule has 3 aromatic carbocycles. The van der Waals surface area contributed by atoms with Gasteiger partial charge in [0.05, 0.1) is 11.7 Å². The first kappa shape index (κ1) is 24.5. The summed E-state index contributed by atoms with van der Waals surface area (Å²) in [7, 11) is 0. The van der Waals surface area contributed by atoms with E-state index < -0.39 is 23.4 Å². The molecule has 0 radical (unpaired) electrons. The number of esters is 1. The van der Waals surface area contributed by atoms with Crippen molar-refractivity contribution in [3.63, 3.8) is 0 Å². The Kier molecular flexibility index (Phi) is 7.56. The number of carbonyl (C=O) groups is 1. The zero-order chi connectivity index (χ0) is 24.9. The van der Waals surface area contributed by atoms with Crippen molar-refractivity contribution in [1.82, 2.24) is 0 Å². The molecule has 4 rings (SSSR count). The highest BCUT2D eigenvalue weighted by atomic mass is 19.2. The summed E-state index contributed by atoms with van der Waals surface area (Å²) >= 11 is 0. The first-order valence-electron chi connectivity index (χ1n) is 11.4. The van der Waals surface area contributed by atoms with Crippen LogP contribution in [0.25, 0.3) is 11.1 Å². The second-order valence-corrected chi connectivity index (χ2v) is 8.49. The lowest BCUT2D eigenvalue weighted by Gasteiger charge is -2.26. The van der Waals surface area contributed by atoms with Gasteiger partial charge in [0.1, 0.15) is 23.9 Å². The maximum atomic E-state index is 14.9. The molecule has 0 spiro atoms. The van der Waals surface area contributed by atoms with Crippen molar-refractivity contribution >= 4 is 5.97 Å². The Morgan fingerprint density at radius 3 is 2.29 bits per heavy atom. The number of aliphatic hydroxyl groups excluding tert-OH is 1. The van der Waals surface area contributed by atoms with E-state index in [-0.39, 0.29) is 41.3 Å². The zero-order valence-corrected chi connectivity index (χ0v) is 19.0. The molecule has 182 valence electrons. The second kappa shape index (κ2) is 10.8. The molecule has 0 aliphatic heterocycles. The molecule has 35 heavy (non-hydrogen) atoms. The number of halogens is 3. The highest BCUT2D eigenvalue weighted by molar-refractivity contribution is 5.91. The van der Waals surface area contributed by atoms with Gasteiger partial charge in [-0.1, -0.05) is 36.9 Å². The standard InChI is InChI=1S/C28H25F3O4/c1-2-15-34-21-11-12-24(25(29)16-21)28(33)35-20-9-5-18(6-10-20)23-14-13-22(26(30)27(23)31)17-3-7-19(32)8-4-17/h2,5-6,9-14,16-17,19,32H,1,3-4,7-8,15H2. The fourth-order valence-corrected chi connectivity index (χ4v) is 4.26. The predicted molar refractivity (Wildman–Crippen MR) is 126 cm³/mol. The second-order valence-electron chi connectivity index (χ2n) is 8.49. The summed E-state index contributed by atoms with van der Waals surface area (Å²) in [5.74, 6) is -3.25. The molecule has 0 saturated heterocycles. The van der Waals surface area contributed by atoms with Gasteiger partial charge in [0.15, 0.2) is 11.6 Å². The van der Waals surface area contributed by atoms with Gasteiger partial charge >= 0.3 is 5.97 Å². The number of hydrogen-bond acceptors (Lipinski definition) is 4. The smallest absolute Gasteiger partial charge is 0.346 e. The zero-order valence-electron chi connectivity index (χ0n) is 19.0. The number of rotatable bonds is 7. The molecule has 1 aliphatic carbocycles. The molecule has 0 amide bonds. The summed E-state index contributed by atoms with van der Waals surface area (Å²) in [5, 5.41) is 9.66. The molecule has 0 heterocycles. The quantitative estimate of drug-likeness (QED) is 0.235. The van der Waals surface area contributed by atoms with E-state index in [0.29, 0.717) is 36.8 Å². The average molecular weight is 482 g/mol. The molecule has 7 heteroatoms. The van der Waals surface area contributed by atoms with Gasteiger partial charge < -0.3 is 14.6 Å². The molecule has 4 nitrogen and oxygen atoms in total. The summed E-state index contributed by atoms with van der Waals surface area (Å²) in [6, 6.07) is 12.8. The highest BCUT2D eigenvalue weighted by Crippen LogP contribution is 2.37. The molecule has 0 atom stereocenters. The molecule has 0 bridgehead atoms. The highest BCUT2D eigenvalue weighted by Gasteiger charge is 2.25. The van der Waals surface area contributed by atoms with Crippen LogP contribution in [0.3, 0.4) is 0 Å². The van der Waals surface area contributed by atoms with Crippen molar-refractivity contribution < 1.29 is 32.5 Å². The van der Waals surface area contributed by atoms with Crippen LogP contribution in [0.2, 0.25) is 0 Å². The topological polar surface area (TPSA) is 55.8 Å². The third-order valence-corrected chi connectivity index (χ3v) is 6.15. The number of hydrogen-bond donors (Lipinski definition) is 1. The lowest BCUT2D eigenvalue weighted by atomic mass is 9.82. The van der Waals surface area contributed by atoms with Gasteiger partial charge in [-0.25, -0.2) is 18.0 Å². The Balaban J connectivity index is 1.47. The van der Waals surface area contributed by atoms with Crippen LogP contribution in [0.15, 0.2) is 67.3 Å². The Hall–Kier alpha value is -3.58. The first-order valence-corrected chi connectivity index (χ1v) is 11.4. The summed E-state index contributed by atoms with van der Waals surface area (Å²) in [5.41, 5.74) is 0.549. The molecule has 0 aromatic heterocycles. The van der Waals surface area contributed by atoms with Gasteiger partial charge in [-0.2, -0.15) is 0 Å². The summed E-state index contributed by atoms with van der Waals surface area (Å²) < 4.78 is 54.5. The average Bonchev–Trinajstić information content (AvgIpc) is 2.85. The fourth-order valence-electron chi connectivity index (χ4n) is 4.26. The number of aliphatic hydroxyl groups is 1. The summed E-state index contributed by atoms with van der Waals surface area (Å²) in [6.07, 6.45) is 3.51. The Morgan fingerprint density at radius 1 is 0.943 bits per heavy atom. The van der Waals surface area contributed by atoms with Crippen LogP contribution >= 0.6 is 0 Å². The van der Waals surface area contributed by atoms with Crippen molar-refractivity contribution in [2.45, 2.75) is 37.7 Å². The lowest BCUT2D eigenvalue weighted by molar-refractivity contribution is 0.0730. The van der Waals surface area contributed by atoms with Crippen molar-refractivity contribution in [2.75, 3.05) is 6.61 Å². The largest absolute Gasteiger partial charge is 0.489 e. The van der Waals surface area contributed by atoms with Gasteiger partial charge in [0, 0.05) is 11.6 Å². The molecule has 1 N–H and O–H groups in total. The van der Waals surface area contributed by atoms with Gasteiger partial charge in [-0.3, -0.25) is 0 Å². The summed E-state index contributed by atoms with van der Waals surface area (Å²) in [4.78, 5) is 12.4. The van der Waals surface area contributed by atoms with E-state index in [9.17, 15) is 23.1 Å². The van der Waals surface area contributed by atoms with E-state index >= 15 is 0 Å². The fraction of sp³-hybridized carbons (Fsp3) is 0.250. The minimum absolute atomic E-state index is 0.0844. The minimum atomic E-state index is -0.945. The molecule has 1 aliphatic rings. The van der Waals surface area contributed by atoms with Crippen molar-refractivity contribution in [1.29, 1.82) is 0 Å².